The summed E-state index contributed by atoms with van der Waals surface area (Å²) in [5, 5.41) is 0. The van der Waals surface area contributed by atoms with Gasteiger partial charge in [-0.1, -0.05) is 6.07 Å². The first-order valence-corrected chi connectivity index (χ1v) is 4.80. The molecule has 0 fully saturated rings. The average molecular weight is 187 g/mol. The lowest BCUT2D eigenvalue weighted by molar-refractivity contribution is 0.641. The molecule has 0 aliphatic heterocycles. The van der Waals surface area contributed by atoms with Crippen molar-refractivity contribution in [2.75, 3.05) is 0 Å². The van der Waals surface area contributed by atoms with Crippen LogP contribution in [0.15, 0.2) is 43.2 Å². The Labute approximate surface area is 83.4 Å². The van der Waals surface area contributed by atoms with Crippen LogP contribution >= 0.6 is 0 Å². The molecule has 2 aromatic rings. The monoisotopic (exact) mass is 187 g/mol. The van der Waals surface area contributed by atoms with Gasteiger partial charge in [0.2, 0.25) is 0 Å². The Morgan fingerprint density at radius 3 is 2.93 bits per heavy atom. The average Bonchev–Trinajstić information content (AvgIpc) is 2.72. The van der Waals surface area contributed by atoms with Gasteiger partial charge in [-0.05, 0) is 24.5 Å². The van der Waals surface area contributed by atoms with Gasteiger partial charge in [0, 0.05) is 31.3 Å². The van der Waals surface area contributed by atoms with Gasteiger partial charge in [0.05, 0.1) is 6.33 Å². The number of imidazole rings is 1. The molecule has 0 aliphatic rings. The van der Waals surface area contributed by atoms with Crippen molar-refractivity contribution in [3.8, 4) is 0 Å². The molecular weight excluding hydrogens is 174 g/mol. The fourth-order valence-electron chi connectivity index (χ4n) is 1.43. The Hall–Kier alpha value is -1.64. The molecule has 0 bridgehead atoms. The number of aromatic nitrogens is 3. The van der Waals surface area contributed by atoms with Crippen LogP contribution in [0.2, 0.25) is 0 Å². The first-order valence-electron chi connectivity index (χ1n) is 4.80. The van der Waals surface area contributed by atoms with Gasteiger partial charge in [0.15, 0.2) is 0 Å². The Kier molecular flexibility index (Phi) is 2.91. The minimum atomic E-state index is 1.02. The van der Waals surface area contributed by atoms with Crippen molar-refractivity contribution in [2.24, 2.45) is 0 Å². The normalized spacial score (nSPS) is 10.3. The highest BCUT2D eigenvalue weighted by atomic mass is 15.0. The van der Waals surface area contributed by atoms with E-state index in [2.05, 4.69) is 20.6 Å². The molecule has 0 aromatic carbocycles. The van der Waals surface area contributed by atoms with E-state index >= 15 is 0 Å². The van der Waals surface area contributed by atoms with E-state index in [1.165, 1.54) is 5.56 Å². The molecule has 3 heteroatoms. The summed E-state index contributed by atoms with van der Waals surface area (Å²) in [4.78, 5) is 8.08. The van der Waals surface area contributed by atoms with Crippen LogP contribution in [-0.2, 0) is 13.0 Å². The van der Waals surface area contributed by atoms with Crippen LogP contribution in [0.25, 0.3) is 0 Å². The highest BCUT2D eigenvalue weighted by molar-refractivity contribution is 5.08. The zero-order valence-corrected chi connectivity index (χ0v) is 8.00. The fraction of sp³-hybridized carbons (Fsp3) is 0.273. The molecule has 0 spiro atoms. The second-order valence-corrected chi connectivity index (χ2v) is 3.27. The Bertz CT molecular complexity index is 353. The van der Waals surface area contributed by atoms with Crippen molar-refractivity contribution in [3.63, 3.8) is 0 Å². The molecule has 2 heterocycles. The van der Waals surface area contributed by atoms with Crippen molar-refractivity contribution in [1.82, 2.24) is 14.5 Å². The maximum atomic E-state index is 4.08. The maximum Gasteiger partial charge on any atom is 0.0945 e. The van der Waals surface area contributed by atoms with Gasteiger partial charge < -0.3 is 4.57 Å². The first-order chi connectivity index (χ1) is 6.95. The van der Waals surface area contributed by atoms with E-state index in [1.807, 2.05) is 31.0 Å². The molecule has 14 heavy (non-hydrogen) atoms. The lowest BCUT2D eigenvalue weighted by Crippen LogP contribution is -1.96. The summed E-state index contributed by atoms with van der Waals surface area (Å²) >= 11 is 0. The summed E-state index contributed by atoms with van der Waals surface area (Å²) in [5.41, 5.74) is 1.30. The molecule has 0 saturated carbocycles. The van der Waals surface area contributed by atoms with Crippen molar-refractivity contribution in [2.45, 2.75) is 19.4 Å². The molecule has 0 aliphatic carbocycles. The summed E-state index contributed by atoms with van der Waals surface area (Å²) in [6.45, 7) is 1.02. The first kappa shape index (κ1) is 8.94. The molecule has 2 rings (SSSR count). The summed E-state index contributed by atoms with van der Waals surface area (Å²) in [6, 6.07) is 4.09. The Morgan fingerprint density at radius 2 is 2.21 bits per heavy atom. The molecule has 2 aromatic heterocycles. The minimum Gasteiger partial charge on any atom is -0.337 e. The van der Waals surface area contributed by atoms with E-state index < -0.39 is 0 Å². The Morgan fingerprint density at radius 1 is 1.21 bits per heavy atom. The molecule has 3 nitrogen and oxygen atoms in total. The van der Waals surface area contributed by atoms with Gasteiger partial charge in [-0.3, -0.25) is 4.98 Å². The van der Waals surface area contributed by atoms with Crippen LogP contribution in [0.5, 0.6) is 0 Å². The van der Waals surface area contributed by atoms with Crippen LogP contribution in [0, 0.1) is 0 Å². The number of aryl methyl sites for hydroxylation is 2. The van der Waals surface area contributed by atoms with Gasteiger partial charge in [0.25, 0.3) is 0 Å². The highest BCUT2D eigenvalue weighted by Crippen LogP contribution is 2.01. The topological polar surface area (TPSA) is 30.7 Å². The third-order valence-electron chi connectivity index (χ3n) is 2.16. The lowest BCUT2D eigenvalue weighted by atomic mass is 10.1. The van der Waals surface area contributed by atoms with Crippen LogP contribution in [-0.4, -0.2) is 14.5 Å². The van der Waals surface area contributed by atoms with Gasteiger partial charge in [-0.25, -0.2) is 4.98 Å². The highest BCUT2D eigenvalue weighted by Gasteiger charge is 1.93. The smallest absolute Gasteiger partial charge is 0.0945 e. The van der Waals surface area contributed by atoms with Crippen molar-refractivity contribution in [3.05, 3.63) is 48.8 Å². The lowest BCUT2D eigenvalue weighted by Gasteiger charge is -2.01. The molecule has 0 N–H and O–H groups in total. The van der Waals surface area contributed by atoms with Crippen LogP contribution in [0.3, 0.4) is 0 Å². The molecule has 0 radical (unpaired) electrons. The number of hydrogen-bond donors (Lipinski definition) is 0. The number of pyridine rings is 1. The predicted molar refractivity (Wildman–Crippen MR) is 54.8 cm³/mol. The third kappa shape index (κ3) is 2.42. The van der Waals surface area contributed by atoms with E-state index in [-0.39, 0.29) is 0 Å². The van der Waals surface area contributed by atoms with Gasteiger partial charge in [-0.2, -0.15) is 0 Å². The Balaban J connectivity index is 1.79. The van der Waals surface area contributed by atoms with Crippen LogP contribution < -0.4 is 0 Å². The van der Waals surface area contributed by atoms with Crippen molar-refractivity contribution >= 4 is 0 Å². The van der Waals surface area contributed by atoms with Crippen molar-refractivity contribution < 1.29 is 0 Å². The fourth-order valence-corrected chi connectivity index (χ4v) is 1.43. The van der Waals surface area contributed by atoms with Gasteiger partial charge >= 0.3 is 0 Å². The van der Waals surface area contributed by atoms with E-state index in [0.29, 0.717) is 0 Å². The SMILES string of the molecule is c1cncc(CCCn2ccnc2)c1. The summed E-state index contributed by atoms with van der Waals surface area (Å²) in [5.74, 6) is 0. The quantitative estimate of drug-likeness (QED) is 0.732. The summed E-state index contributed by atoms with van der Waals surface area (Å²) in [7, 11) is 0. The van der Waals surface area contributed by atoms with Crippen molar-refractivity contribution in [1.29, 1.82) is 0 Å². The molecule has 0 amide bonds. The van der Waals surface area contributed by atoms with Crippen LogP contribution in [0.4, 0.5) is 0 Å². The zero-order valence-electron chi connectivity index (χ0n) is 8.00. The molecule has 0 atom stereocenters. The molecular formula is C11H13N3. The van der Waals surface area contributed by atoms with E-state index in [9.17, 15) is 0 Å². The standard InChI is InChI=1S/C11H13N3/c1-3-11(9-12-5-1)4-2-7-14-8-6-13-10-14/h1,3,5-6,8-10H,2,4,7H2. The summed E-state index contributed by atoms with van der Waals surface area (Å²) in [6.07, 6.45) is 11.6. The van der Waals surface area contributed by atoms with E-state index in [1.54, 1.807) is 6.20 Å². The summed E-state index contributed by atoms with van der Waals surface area (Å²) < 4.78 is 2.09. The number of hydrogen-bond acceptors (Lipinski definition) is 2. The van der Waals surface area contributed by atoms with Crippen LogP contribution in [0.1, 0.15) is 12.0 Å². The number of nitrogens with zero attached hydrogens (tertiary/aromatic N) is 3. The second kappa shape index (κ2) is 4.56. The third-order valence-corrected chi connectivity index (χ3v) is 2.16. The molecule has 0 saturated heterocycles. The maximum absolute atomic E-state index is 4.08. The minimum absolute atomic E-state index is 1.02. The molecule has 0 unspecified atom stereocenters. The predicted octanol–water partition coefficient (Wildman–Crippen LogP) is 1.91. The molecule has 72 valence electrons. The van der Waals surface area contributed by atoms with Gasteiger partial charge in [-0.15, -0.1) is 0 Å². The largest absolute Gasteiger partial charge is 0.337 e. The van der Waals surface area contributed by atoms with Gasteiger partial charge in [0.1, 0.15) is 0 Å². The zero-order chi connectivity index (χ0) is 9.64. The second-order valence-electron chi connectivity index (χ2n) is 3.27. The number of rotatable bonds is 4. The van der Waals surface area contributed by atoms with E-state index in [0.717, 1.165) is 19.4 Å². The van der Waals surface area contributed by atoms with E-state index in [4.69, 9.17) is 0 Å².